The molecule has 2 saturated heterocycles. The molecule has 2 N–H and O–H groups in total. The van der Waals surface area contributed by atoms with Crippen LogP contribution in [0.1, 0.15) is 13.3 Å². The Bertz CT molecular complexity index is 343. The van der Waals surface area contributed by atoms with Gasteiger partial charge in [-0.15, -0.1) is 0 Å². The predicted molar refractivity (Wildman–Crippen MR) is 65.9 cm³/mol. The fourth-order valence-electron chi connectivity index (χ4n) is 2.39. The van der Waals surface area contributed by atoms with Crippen molar-refractivity contribution in [3.8, 4) is 0 Å². The normalized spacial score (nSPS) is 29.0. The minimum absolute atomic E-state index is 0.0210. The molecule has 2 amide bonds. The molecule has 0 aromatic rings. The van der Waals surface area contributed by atoms with Crippen LogP contribution in [0.2, 0.25) is 0 Å². The second-order valence-electron chi connectivity index (χ2n) is 4.98. The highest BCUT2D eigenvalue weighted by molar-refractivity contribution is 5.83. The molecule has 0 aromatic carbocycles. The van der Waals surface area contributed by atoms with Gasteiger partial charge in [-0.25, -0.2) is 9.59 Å². The van der Waals surface area contributed by atoms with Gasteiger partial charge in [-0.1, -0.05) is 0 Å². The lowest BCUT2D eigenvalue weighted by Gasteiger charge is -2.34. The molecule has 2 fully saturated rings. The van der Waals surface area contributed by atoms with Crippen molar-refractivity contribution >= 4 is 12.0 Å². The Kier molecular flexibility index (Phi) is 4.60. The quantitative estimate of drug-likeness (QED) is 0.749. The summed E-state index contributed by atoms with van der Waals surface area (Å²) >= 11 is 0. The van der Waals surface area contributed by atoms with Crippen LogP contribution in [0, 0.1) is 5.92 Å². The van der Waals surface area contributed by atoms with Gasteiger partial charge in [0.25, 0.3) is 0 Å². The third kappa shape index (κ3) is 3.36. The molecule has 2 heterocycles. The van der Waals surface area contributed by atoms with E-state index in [2.05, 4.69) is 5.32 Å². The molecule has 2 aliphatic heterocycles. The van der Waals surface area contributed by atoms with Gasteiger partial charge in [-0.05, 0) is 13.3 Å². The first-order chi connectivity index (χ1) is 9.09. The molecule has 2 rings (SSSR count). The highest BCUT2D eigenvalue weighted by Crippen LogP contribution is 2.17. The maximum absolute atomic E-state index is 12.1. The van der Waals surface area contributed by atoms with Crippen molar-refractivity contribution in [2.45, 2.75) is 25.4 Å². The first-order valence-electron chi connectivity index (χ1n) is 6.55. The van der Waals surface area contributed by atoms with Gasteiger partial charge in [-0.2, -0.15) is 0 Å². The van der Waals surface area contributed by atoms with E-state index in [4.69, 9.17) is 14.6 Å². The summed E-state index contributed by atoms with van der Waals surface area (Å²) in [6, 6.07) is -1.26. The lowest BCUT2D eigenvalue weighted by molar-refractivity contribution is -0.147. The van der Waals surface area contributed by atoms with Crippen molar-refractivity contribution in [3.63, 3.8) is 0 Å². The number of aliphatic carboxylic acids is 1. The first-order valence-corrected chi connectivity index (χ1v) is 6.55. The van der Waals surface area contributed by atoms with Crippen LogP contribution in [0.3, 0.4) is 0 Å². The summed E-state index contributed by atoms with van der Waals surface area (Å²) in [4.78, 5) is 24.6. The van der Waals surface area contributed by atoms with E-state index in [1.165, 1.54) is 4.90 Å². The Morgan fingerprint density at radius 3 is 2.68 bits per heavy atom. The molecule has 108 valence electrons. The third-order valence-corrected chi connectivity index (χ3v) is 3.70. The van der Waals surface area contributed by atoms with Crippen LogP contribution in [0.5, 0.6) is 0 Å². The number of ether oxygens (including phenoxy) is 2. The molecule has 3 atom stereocenters. The molecule has 0 radical (unpaired) electrons. The van der Waals surface area contributed by atoms with Crippen LogP contribution in [0.4, 0.5) is 4.79 Å². The van der Waals surface area contributed by atoms with Crippen molar-refractivity contribution in [1.82, 2.24) is 10.2 Å². The molecule has 0 aliphatic carbocycles. The third-order valence-electron chi connectivity index (χ3n) is 3.70. The highest BCUT2D eigenvalue weighted by atomic mass is 16.5. The Labute approximate surface area is 111 Å². The lowest BCUT2D eigenvalue weighted by atomic mass is 10.0. The highest BCUT2D eigenvalue weighted by Gasteiger charge is 2.34. The van der Waals surface area contributed by atoms with Gasteiger partial charge in [0.2, 0.25) is 0 Å². The largest absolute Gasteiger partial charge is 0.480 e. The maximum atomic E-state index is 12.1. The average molecular weight is 272 g/mol. The summed E-state index contributed by atoms with van der Waals surface area (Å²) in [5.41, 5.74) is 0. The number of amides is 2. The fraction of sp³-hybridized carbons (Fsp3) is 0.833. The maximum Gasteiger partial charge on any atom is 0.328 e. The Morgan fingerprint density at radius 1 is 1.32 bits per heavy atom. The van der Waals surface area contributed by atoms with Crippen molar-refractivity contribution in [2.75, 3.05) is 33.0 Å². The number of morpholine rings is 1. The van der Waals surface area contributed by atoms with Gasteiger partial charge >= 0.3 is 12.0 Å². The molecular formula is C12H20N2O5. The summed E-state index contributed by atoms with van der Waals surface area (Å²) in [5, 5.41) is 11.9. The van der Waals surface area contributed by atoms with E-state index >= 15 is 0 Å². The number of hydrogen-bond donors (Lipinski definition) is 2. The average Bonchev–Trinajstić information content (AvgIpc) is 2.92. The molecule has 7 heteroatoms. The van der Waals surface area contributed by atoms with Gasteiger partial charge in [0.05, 0.1) is 19.8 Å². The van der Waals surface area contributed by atoms with Crippen molar-refractivity contribution in [1.29, 1.82) is 0 Å². The predicted octanol–water partition coefficient (Wildman–Crippen LogP) is -0.0936. The number of rotatable bonds is 3. The minimum atomic E-state index is -1.04. The van der Waals surface area contributed by atoms with Gasteiger partial charge in [0.15, 0.2) is 6.04 Å². The van der Waals surface area contributed by atoms with Crippen LogP contribution < -0.4 is 5.32 Å². The van der Waals surface area contributed by atoms with E-state index < -0.39 is 12.0 Å². The molecule has 19 heavy (non-hydrogen) atoms. The Hall–Kier alpha value is -1.34. The van der Waals surface area contributed by atoms with Crippen molar-refractivity contribution in [2.24, 2.45) is 5.92 Å². The Balaban J connectivity index is 1.91. The molecule has 0 aromatic heterocycles. The minimum Gasteiger partial charge on any atom is -0.480 e. The second kappa shape index (κ2) is 6.21. The van der Waals surface area contributed by atoms with E-state index in [1.807, 2.05) is 6.92 Å². The molecule has 0 spiro atoms. The smallest absolute Gasteiger partial charge is 0.328 e. The van der Waals surface area contributed by atoms with E-state index in [0.29, 0.717) is 25.7 Å². The Morgan fingerprint density at radius 2 is 2.05 bits per heavy atom. The lowest BCUT2D eigenvalue weighted by Crippen LogP contribution is -2.57. The number of carboxylic acids is 1. The van der Waals surface area contributed by atoms with E-state index in [-0.39, 0.29) is 18.7 Å². The van der Waals surface area contributed by atoms with Crippen LogP contribution in [-0.4, -0.2) is 67.1 Å². The first kappa shape index (κ1) is 14.1. The number of nitrogens with one attached hydrogen (secondary N) is 1. The molecule has 0 bridgehead atoms. The topological polar surface area (TPSA) is 88.1 Å². The zero-order valence-corrected chi connectivity index (χ0v) is 11.0. The number of carbonyl (C=O) groups is 2. The SMILES string of the molecule is CC(NC(=O)N1CCOCC1C(=O)O)C1CCOC1. The number of hydrogen-bond acceptors (Lipinski definition) is 4. The summed E-state index contributed by atoms with van der Waals surface area (Å²) < 4.78 is 10.4. The number of nitrogens with zero attached hydrogens (tertiary/aromatic N) is 1. The standard InChI is InChI=1S/C12H20N2O5/c1-8(9-2-4-18-6-9)13-12(17)14-3-5-19-7-10(14)11(15)16/h8-10H,2-7H2,1H3,(H,13,17)(H,15,16). The summed E-state index contributed by atoms with van der Waals surface area (Å²) in [6.45, 7) is 4.01. The number of carboxylic acid groups (broad SMARTS) is 1. The summed E-state index contributed by atoms with van der Waals surface area (Å²) in [7, 11) is 0. The van der Waals surface area contributed by atoms with Crippen molar-refractivity contribution in [3.05, 3.63) is 0 Å². The zero-order chi connectivity index (χ0) is 13.8. The van der Waals surface area contributed by atoms with E-state index in [1.54, 1.807) is 0 Å². The molecule has 7 nitrogen and oxygen atoms in total. The summed E-state index contributed by atoms with van der Waals surface area (Å²) in [6.07, 6.45) is 0.924. The van der Waals surface area contributed by atoms with Crippen molar-refractivity contribution < 1.29 is 24.2 Å². The van der Waals surface area contributed by atoms with Crippen LogP contribution in [-0.2, 0) is 14.3 Å². The van der Waals surface area contributed by atoms with Gasteiger partial charge in [0, 0.05) is 25.1 Å². The second-order valence-corrected chi connectivity index (χ2v) is 4.98. The van der Waals surface area contributed by atoms with Crippen LogP contribution in [0.25, 0.3) is 0 Å². The molecule has 2 aliphatic rings. The zero-order valence-electron chi connectivity index (χ0n) is 11.0. The molecule has 3 unspecified atom stereocenters. The van der Waals surface area contributed by atoms with E-state index in [9.17, 15) is 9.59 Å². The van der Waals surface area contributed by atoms with Crippen LogP contribution in [0.15, 0.2) is 0 Å². The number of urea groups is 1. The van der Waals surface area contributed by atoms with Gasteiger partial charge in [0.1, 0.15) is 0 Å². The monoisotopic (exact) mass is 272 g/mol. The number of carbonyl (C=O) groups excluding carboxylic acids is 1. The van der Waals surface area contributed by atoms with E-state index in [0.717, 1.165) is 13.0 Å². The van der Waals surface area contributed by atoms with Gasteiger partial charge in [-0.3, -0.25) is 0 Å². The molecular weight excluding hydrogens is 252 g/mol. The molecule has 0 saturated carbocycles. The van der Waals surface area contributed by atoms with Crippen LogP contribution >= 0.6 is 0 Å². The fourth-order valence-corrected chi connectivity index (χ4v) is 2.39. The van der Waals surface area contributed by atoms with Gasteiger partial charge < -0.3 is 24.8 Å². The summed E-state index contributed by atoms with van der Waals surface area (Å²) in [5.74, 6) is -0.736.